The minimum absolute atomic E-state index is 0.0671. The molecular formula is C16H12Cl2O. The largest absolute Gasteiger partial charge is 0.293 e. The summed E-state index contributed by atoms with van der Waals surface area (Å²) in [5.74, 6) is -0.0235. The summed E-state index contributed by atoms with van der Waals surface area (Å²) >= 11 is 12.1. The molecule has 0 N–H and O–H groups in total. The second kappa shape index (κ2) is 4.99. The molecule has 2 aromatic rings. The summed E-state index contributed by atoms with van der Waals surface area (Å²) < 4.78 is 0. The molecule has 0 saturated carbocycles. The van der Waals surface area contributed by atoms with Crippen LogP contribution in [0.25, 0.3) is 0 Å². The summed E-state index contributed by atoms with van der Waals surface area (Å²) in [6.45, 7) is 0. The van der Waals surface area contributed by atoms with Crippen LogP contribution in [0.15, 0.2) is 42.5 Å². The summed E-state index contributed by atoms with van der Waals surface area (Å²) in [5.41, 5.74) is 2.92. The van der Waals surface area contributed by atoms with Crippen molar-refractivity contribution in [2.75, 3.05) is 0 Å². The minimum atomic E-state index is -0.0906. The Balaban J connectivity index is 2.00. The lowest BCUT2D eigenvalue weighted by atomic mass is 9.92. The van der Waals surface area contributed by atoms with Crippen molar-refractivity contribution < 1.29 is 4.79 Å². The molecular weight excluding hydrogens is 279 g/mol. The summed E-state index contributed by atoms with van der Waals surface area (Å²) in [7, 11) is 0. The first kappa shape index (κ1) is 12.7. The molecule has 96 valence electrons. The van der Waals surface area contributed by atoms with Gasteiger partial charge in [-0.05, 0) is 36.1 Å². The first-order valence-corrected chi connectivity index (χ1v) is 7.00. The van der Waals surface area contributed by atoms with Crippen molar-refractivity contribution in [1.29, 1.82) is 0 Å². The lowest BCUT2D eigenvalue weighted by molar-refractivity contribution is 0.0960. The Hall–Kier alpha value is -1.31. The highest BCUT2D eigenvalue weighted by Gasteiger charge is 2.30. The number of Topliss-reactive ketones (excluding diaryl/α,β-unsaturated/α-hetero) is 1. The third kappa shape index (κ3) is 2.18. The number of carbonyl (C=O) groups is 1. The number of hydrogen-bond acceptors (Lipinski definition) is 1. The van der Waals surface area contributed by atoms with Gasteiger partial charge >= 0.3 is 0 Å². The van der Waals surface area contributed by atoms with E-state index in [1.807, 2.05) is 18.2 Å². The van der Waals surface area contributed by atoms with Crippen LogP contribution in [0.4, 0.5) is 0 Å². The predicted octanol–water partition coefficient (Wildman–Crippen LogP) is 4.91. The van der Waals surface area contributed by atoms with Crippen LogP contribution in [-0.4, -0.2) is 5.78 Å². The summed E-state index contributed by atoms with van der Waals surface area (Å²) in [6.07, 6.45) is 1.80. The molecule has 1 nitrogen and oxygen atoms in total. The smallest absolute Gasteiger partial charge is 0.171 e. The zero-order valence-electron chi connectivity index (χ0n) is 10.2. The number of benzene rings is 2. The van der Waals surface area contributed by atoms with Crippen LogP contribution in [0.1, 0.15) is 33.8 Å². The highest BCUT2D eigenvalue weighted by molar-refractivity contribution is 6.44. The van der Waals surface area contributed by atoms with E-state index in [1.165, 1.54) is 5.56 Å². The third-order valence-electron chi connectivity index (χ3n) is 3.67. The molecule has 0 heterocycles. The van der Waals surface area contributed by atoms with Gasteiger partial charge in [0.05, 0.1) is 10.0 Å². The summed E-state index contributed by atoms with van der Waals surface area (Å²) in [6, 6.07) is 13.3. The molecule has 1 aliphatic carbocycles. The number of aryl methyl sites for hydroxylation is 1. The molecule has 2 aromatic carbocycles. The zero-order chi connectivity index (χ0) is 13.4. The number of ketones is 1. The predicted molar refractivity (Wildman–Crippen MR) is 78.3 cm³/mol. The molecule has 19 heavy (non-hydrogen) atoms. The molecule has 0 aliphatic heterocycles. The molecule has 0 bridgehead atoms. The fourth-order valence-electron chi connectivity index (χ4n) is 2.71. The lowest BCUT2D eigenvalue weighted by Gasteiger charge is -2.12. The van der Waals surface area contributed by atoms with E-state index in [-0.39, 0.29) is 11.7 Å². The average Bonchev–Trinajstić information content (AvgIpc) is 2.85. The van der Waals surface area contributed by atoms with E-state index in [1.54, 1.807) is 18.2 Å². The molecule has 0 aromatic heterocycles. The highest BCUT2D eigenvalue weighted by atomic mass is 35.5. The summed E-state index contributed by atoms with van der Waals surface area (Å²) in [5, 5.41) is 0.789. The Morgan fingerprint density at radius 1 is 1.05 bits per heavy atom. The maximum atomic E-state index is 12.6. The number of hydrogen-bond donors (Lipinski definition) is 0. The van der Waals surface area contributed by atoms with Gasteiger partial charge in [-0.25, -0.2) is 0 Å². The first-order chi connectivity index (χ1) is 9.18. The van der Waals surface area contributed by atoms with Crippen molar-refractivity contribution in [1.82, 2.24) is 0 Å². The van der Waals surface area contributed by atoms with Gasteiger partial charge in [0.2, 0.25) is 0 Å². The van der Waals surface area contributed by atoms with E-state index in [2.05, 4.69) is 6.07 Å². The highest BCUT2D eigenvalue weighted by Crippen LogP contribution is 2.37. The fourth-order valence-corrected chi connectivity index (χ4v) is 3.10. The molecule has 1 atom stereocenters. The Labute approximate surface area is 122 Å². The van der Waals surface area contributed by atoms with Crippen molar-refractivity contribution >= 4 is 29.0 Å². The SMILES string of the molecule is O=C(c1cccc(Cl)c1Cl)C1CCc2ccccc21. The maximum absolute atomic E-state index is 12.6. The van der Waals surface area contributed by atoms with Crippen LogP contribution in [0.2, 0.25) is 10.0 Å². The second-order valence-electron chi connectivity index (χ2n) is 4.76. The third-order valence-corrected chi connectivity index (χ3v) is 4.49. The molecule has 0 saturated heterocycles. The number of fused-ring (bicyclic) bond motifs is 1. The first-order valence-electron chi connectivity index (χ1n) is 6.24. The Morgan fingerprint density at radius 3 is 2.68 bits per heavy atom. The van der Waals surface area contributed by atoms with E-state index in [0.29, 0.717) is 15.6 Å². The molecule has 3 heteroatoms. The maximum Gasteiger partial charge on any atom is 0.171 e. The van der Waals surface area contributed by atoms with Crippen LogP contribution in [0, 0.1) is 0 Å². The normalized spacial score (nSPS) is 17.3. The Kier molecular flexibility index (Phi) is 3.34. The van der Waals surface area contributed by atoms with E-state index in [0.717, 1.165) is 18.4 Å². The number of halogens is 2. The minimum Gasteiger partial charge on any atom is -0.293 e. The van der Waals surface area contributed by atoms with E-state index in [9.17, 15) is 4.79 Å². The van der Waals surface area contributed by atoms with Crippen molar-refractivity contribution in [3.05, 3.63) is 69.2 Å². The lowest BCUT2D eigenvalue weighted by Crippen LogP contribution is -2.10. The van der Waals surface area contributed by atoms with E-state index >= 15 is 0 Å². The van der Waals surface area contributed by atoms with Crippen LogP contribution in [0.5, 0.6) is 0 Å². The Morgan fingerprint density at radius 2 is 1.84 bits per heavy atom. The van der Waals surface area contributed by atoms with Gasteiger partial charge in [0.1, 0.15) is 0 Å². The van der Waals surface area contributed by atoms with Crippen molar-refractivity contribution in [3.8, 4) is 0 Å². The number of rotatable bonds is 2. The van der Waals surface area contributed by atoms with Crippen molar-refractivity contribution in [2.24, 2.45) is 0 Å². The molecule has 0 fully saturated rings. The monoisotopic (exact) mass is 290 g/mol. The molecule has 3 rings (SSSR count). The number of carbonyl (C=O) groups excluding carboxylic acids is 1. The Bertz CT molecular complexity index is 649. The molecule has 1 aliphatic rings. The van der Waals surface area contributed by atoms with Crippen molar-refractivity contribution in [2.45, 2.75) is 18.8 Å². The van der Waals surface area contributed by atoms with Gasteiger partial charge in [-0.3, -0.25) is 4.79 Å². The van der Waals surface area contributed by atoms with Gasteiger partial charge in [0.15, 0.2) is 5.78 Å². The van der Waals surface area contributed by atoms with Crippen LogP contribution >= 0.6 is 23.2 Å². The topological polar surface area (TPSA) is 17.1 Å². The fraction of sp³-hybridized carbons (Fsp3) is 0.188. The van der Waals surface area contributed by atoms with Gasteiger partial charge in [-0.1, -0.05) is 53.5 Å². The average molecular weight is 291 g/mol. The van der Waals surface area contributed by atoms with Crippen LogP contribution in [0.3, 0.4) is 0 Å². The van der Waals surface area contributed by atoms with Gasteiger partial charge in [0, 0.05) is 11.5 Å². The molecule has 0 radical (unpaired) electrons. The standard InChI is InChI=1S/C16H12Cl2O/c17-14-7-3-6-13(15(14)18)16(19)12-9-8-10-4-1-2-5-11(10)12/h1-7,12H,8-9H2. The van der Waals surface area contributed by atoms with E-state index in [4.69, 9.17) is 23.2 Å². The van der Waals surface area contributed by atoms with Gasteiger partial charge < -0.3 is 0 Å². The molecule has 0 spiro atoms. The molecule has 0 amide bonds. The second-order valence-corrected chi connectivity index (χ2v) is 5.54. The van der Waals surface area contributed by atoms with E-state index < -0.39 is 0 Å². The summed E-state index contributed by atoms with van der Waals surface area (Å²) in [4.78, 5) is 12.6. The zero-order valence-corrected chi connectivity index (χ0v) is 11.7. The quantitative estimate of drug-likeness (QED) is 0.719. The van der Waals surface area contributed by atoms with Crippen LogP contribution < -0.4 is 0 Å². The van der Waals surface area contributed by atoms with Gasteiger partial charge in [0.25, 0.3) is 0 Å². The molecule has 1 unspecified atom stereocenters. The van der Waals surface area contributed by atoms with Gasteiger partial charge in [-0.2, -0.15) is 0 Å². The van der Waals surface area contributed by atoms with Crippen LogP contribution in [-0.2, 0) is 6.42 Å². The van der Waals surface area contributed by atoms with Crippen molar-refractivity contribution in [3.63, 3.8) is 0 Å². The van der Waals surface area contributed by atoms with Gasteiger partial charge in [-0.15, -0.1) is 0 Å².